The van der Waals surface area contributed by atoms with Gasteiger partial charge in [0.1, 0.15) is 6.10 Å². The molecule has 0 unspecified atom stereocenters. The highest BCUT2D eigenvalue weighted by molar-refractivity contribution is 5.79. The van der Waals surface area contributed by atoms with E-state index in [9.17, 15) is 4.79 Å². The van der Waals surface area contributed by atoms with Gasteiger partial charge < -0.3 is 14.4 Å². The molecule has 2 atom stereocenters. The maximum absolute atomic E-state index is 13.0. The summed E-state index contributed by atoms with van der Waals surface area (Å²) in [6.45, 7) is 1.78. The predicted molar refractivity (Wildman–Crippen MR) is 84.5 cm³/mol. The van der Waals surface area contributed by atoms with Gasteiger partial charge in [0.25, 0.3) is 0 Å². The molecule has 2 fully saturated rings. The van der Waals surface area contributed by atoms with Crippen molar-refractivity contribution in [3.8, 4) is 0 Å². The van der Waals surface area contributed by atoms with Crippen LogP contribution in [0.2, 0.25) is 0 Å². The maximum atomic E-state index is 13.0. The summed E-state index contributed by atoms with van der Waals surface area (Å²) < 4.78 is 11.2. The highest BCUT2D eigenvalue weighted by atomic mass is 16.5. The topological polar surface area (TPSA) is 38.8 Å². The summed E-state index contributed by atoms with van der Waals surface area (Å²) in [5.41, 5.74) is 1.13. The average molecular weight is 303 g/mol. The number of ether oxygens (including phenoxy) is 2. The Balaban J connectivity index is 1.86. The Hall–Kier alpha value is -1.39. The molecule has 3 rings (SSSR count). The molecule has 0 bridgehead atoms. The van der Waals surface area contributed by atoms with Gasteiger partial charge in [-0.3, -0.25) is 4.79 Å². The number of rotatable bonds is 4. The zero-order valence-corrected chi connectivity index (χ0v) is 13.2. The monoisotopic (exact) mass is 303 g/mol. The molecule has 0 aromatic heterocycles. The number of hydrogen-bond acceptors (Lipinski definition) is 3. The zero-order chi connectivity index (χ0) is 15.4. The molecule has 1 saturated heterocycles. The van der Waals surface area contributed by atoms with Crippen LogP contribution in [-0.2, 0) is 14.3 Å². The summed E-state index contributed by atoms with van der Waals surface area (Å²) in [6.07, 6.45) is 4.34. The molecule has 4 heteroatoms. The van der Waals surface area contributed by atoms with Crippen molar-refractivity contribution in [2.75, 3.05) is 26.9 Å². The maximum Gasteiger partial charge on any atom is 0.226 e. The van der Waals surface area contributed by atoms with Gasteiger partial charge in [0.2, 0.25) is 5.91 Å². The molecule has 1 aliphatic carbocycles. The van der Waals surface area contributed by atoms with E-state index < -0.39 is 0 Å². The number of nitrogens with zero attached hydrogens (tertiary/aromatic N) is 1. The fourth-order valence-corrected chi connectivity index (χ4v) is 3.74. The standard InChI is InChI=1S/C18H25NO3/c1-21-13-16-17(14-7-3-2-4-8-14)19(11-12-22-16)18(20)15-9-5-6-10-15/h2-4,7-8,15-17H,5-6,9-13H2,1H3/t16-,17-/m0/s1. The molecule has 4 nitrogen and oxygen atoms in total. The first-order chi connectivity index (χ1) is 10.8. The van der Waals surface area contributed by atoms with Crippen LogP contribution in [0.1, 0.15) is 37.3 Å². The number of benzene rings is 1. The Labute approximate surface area is 132 Å². The molecule has 0 N–H and O–H groups in total. The Morgan fingerprint density at radius 2 is 2.00 bits per heavy atom. The Bertz CT molecular complexity index is 482. The molecule has 0 spiro atoms. The molecule has 1 aromatic rings. The molecule has 22 heavy (non-hydrogen) atoms. The van der Waals surface area contributed by atoms with Crippen molar-refractivity contribution in [3.05, 3.63) is 35.9 Å². The second kappa shape index (κ2) is 7.25. The van der Waals surface area contributed by atoms with E-state index in [1.165, 1.54) is 12.8 Å². The molecule has 1 amide bonds. The first-order valence-corrected chi connectivity index (χ1v) is 8.27. The van der Waals surface area contributed by atoms with Crippen molar-refractivity contribution < 1.29 is 14.3 Å². The van der Waals surface area contributed by atoms with E-state index in [1.807, 2.05) is 23.1 Å². The van der Waals surface area contributed by atoms with Gasteiger partial charge in [-0.2, -0.15) is 0 Å². The minimum absolute atomic E-state index is 0.0389. The summed E-state index contributed by atoms with van der Waals surface area (Å²) in [4.78, 5) is 15.0. The average Bonchev–Trinajstić information content (AvgIpc) is 3.09. The number of morpholine rings is 1. The Morgan fingerprint density at radius 3 is 2.68 bits per heavy atom. The van der Waals surface area contributed by atoms with Crippen LogP contribution in [0.25, 0.3) is 0 Å². The smallest absolute Gasteiger partial charge is 0.226 e. The highest BCUT2D eigenvalue weighted by Crippen LogP contribution is 2.34. The lowest BCUT2D eigenvalue weighted by Crippen LogP contribution is -2.51. The molecule has 1 saturated carbocycles. The van der Waals surface area contributed by atoms with Gasteiger partial charge in [0.05, 0.1) is 19.3 Å². The van der Waals surface area contributed by atoms with Crippen LogP contribution in [0, 0.1) is 5.92 Å². The number of methoxy groups -OCH3 is 1. The first kappa shape index (κ1) is 15.5. The number of carbonyl (C=O) groups is 1. The second-order valence-corrected chi connectivity index (χ2v) is 6.23. The molecular formula is C18H25NO3. The van der Waals surface area contributed by atoms with Crippen LogP contribution in [0.15, 0.2) is 30.3 Å². The third-order valence-corrected chi connectivity index (χ3v) is 4.81. The van der Waals surface area contributed by atoms with Crippen molar-refractivity contribution in [1.29, 1.82) is 0 Å². The van der Waals surface area contributed by atoms with Gasteiger partial charge in [-0.15, -0.1) is 0 Å². The molecule has 1 heterocycles. The Morgan fingerprint density at radius 1 is 1.27 bits per heavy atom. The van der Waals surface area contributed by atoms with E-state index in [0.29, 0.717) is 25.7 Å². The van der Waals surface area contributed by atoms with Gasteiger partial charge in [-0.1, -0.05) is 43.2 Å². The van der Waals surface area contributed by atoms with Crippen LogP contribution in [0.4, 0.5) is 0 Å². The largest absolute Gasteiger partial charge is 0.382 e. The summed E-state index contributed by atoms with van der Waals surface area (Å²) in [5.74, 6) is 0.503. The van der Waals surface area contributed by atoms with Crippen molar-refractivity contribution in [2.24, 2.45) is 5.92 Å². The summed E-state index contributed by atoms with van der Waals surface area (Å²) >= 11 is 0. The van der Waals surface area contributed by atoms with Crippen molar-refractivity contribution in [3.63, 3.8) is 0 Å². The lowest BCUT2D eigenvalue weighted by Gasteiger charge is -2.42. The van der Waals surface area contributed by atoms with Gasteiger partial charge in [-0.05, 0) is 18.4 Å². The van der Waals surface area contributed by atoms with E-state index in [4.69, 9.17) is 9.47 Å². The molecule has 2 aliphatic rings. The van der Waals surface area contributed by atoms with Gasteiger partial charge in [0.15, 0.2) is 0 Å². The lowest BCUT2D eigenvalue weighted by atomic mass is 9.96. The van der Waals surface area contributed by atoms with E-state index in [1.54, 1.807) is 7.11 Å². The third kappa shape index (κ3) is 3.18. The van der Waals surface area contributed by atoms with E-state index in [2.05, 4.69) is 12.1 Å². The highest BCUT2D eigenvalue weighted by Gasteiger charge is 2.39. The molecular weight excluding hydrogens is 278 g/mol. The van der Waals surface area contributed by atoms with Crippen LogP contribution in [0.5, 0.6) is 0 Å². The number of carbonyl (C=O) groups excluding carboxylic acids is 1. The first-order valence-electron chi connectivity index (χ1n) is 8.27. The van der Waals surface area contributed by atoms with Crippen molar-refractivity contribution in [2.45, 2.75) is 37.8 Å². The molecule has 120 valence electrons. The van der Waals surface area contributed by atoms with Crippen LogP contribution in [0.3, 0.4) is 0 Å². The minimum atomic E-state index is -0.0912. The van der Waals surface area contributed by atoms with E-state index >= 15 is 0 Å². The SMILES string of the molecule is COC[C@@H]1OCCN(C(=O)C2CCCC2)[C@H]1c1ccccc1. The quantitative estimate of drug-likeness (QED) is 0.858. The molecule has 1 aliphatic heterocycles. The van der Waals surface area contributed by atoms with Gasteiger partial charge in [-0.25, -0.2) is 0 Å². The fourth-order valence-electron chi connectivity index (χ4n) is 3.74. The van der Waals surface area contributed by atoms with Crippen LogP contribution >= 0.6 is 0 Å². The van der Waals surface area contributed by atoms with Gasteiger partial charge >= 0.3 is 0 Å². The summed E-state index contributed by atoms with van der Waals surface area (Å²) in [5, 5.41) is 0. The minimum Gasteiger partial charge on any atom is -0.382 e. The predicted octanol–water partition coefficient (Wildman–Crippen LogP) is 2.79. The lowest BCUT2D eigenvalue weighted by molar-refractivity contribution is -0.155. The van der Waals surface area contributed by atoms with Gasteiger partial charge in [0, 0.05) is 19.6 Å². The fraction of sp³-hybridized carbons (Fsp3) is 0.611. The summed E-state index contributed by atoms with van der Waals surface area (Å²) in [6, 6.07) is 10.2. The van der Waals surface area contributed by atoms with Crippen LogP contribution in [-0.4, -0.2) is 43.8 Å². The molecule has 1 aromatic carbocycles. The van der Waals surface area contributed by atoms with Crippen LogP contribution < -0.4 is 0 Å². The summed E-state index contributed by atoms with van der Waals surface area (Å²) in [7, 11) is 1.68. The molecule has 0 radical (unpaired) electrons. The zero-order valence-electron chi connectivity index (χ0n) is 13.2. The second-order valence-electron chi connectivity index (χ2n) is 6.23. The van der Waals surface area contributed by atoms with Crippen molar-refractivity contribution >= 4 is 5.91 Å². The Kier molecular flexibility index (Phi) is 5.11. The normalized spacial score (nSPS) is 26.3. The number of hydrogen-bond donors (Lipinski definition) is 0. The van der Waals surface area contributed by atoms with Crippen molar-refractivity contribution in [1.82, 2.24) is 4.90 Å². The third-order valence-electron chi connectivity index (χ3n) is 4.81. The van der Waals surface area contributed by atoms with E-state index in [-0.39, 0.29) is 18.1 Å². The van der Waals surface area contributed by atoms with E-state index in [0.717, 1.165) is 18.4 Å². The number of amides is 1.